The van der Waals surface area contributed by atoms with Crippen LogP contribution in [0.4, 0.5) is 0 Å². The summed E-state index contributed by atoms with van der Waals surface area (Å²) in [5.74, 6) is 0.608. The van der Waals surface area contributed by atoms with Crippen LogP contribution in [0.15, 0.2) is 24.0 Å². The van der Waals surface area contributed by atoms with Crippen LogP contribution in [-0.4, -0.2) is 0 Å². The molecule has 0 bridgehead atoms. The van der Waals surface area contributed by atoms with E-state index < -0.39 is 0 Å². The summed E-state index contributed by atoms with van der Waals surface area (Å²) in [5, 5.41) is 3.28. The van der Waals surface area contributed by atoms with Gasteiger partial charge in [-0.3, -0.25) is 0 Å². The third-order valence-electron chi connectivity index (χ3n) is 1.75. The first-order valence-corrected chi connectivity index (χ1v) is 3.85. The van der Waals surface area contributed by atoms with Crippen LogP contribution in [-0.2, 0) is 0 Å². The van der Waals surface area contributed by atoms with Gasteiger partial charge >= 0.3 is 0 Å². The van der Waals surface area contributed by atoms with E-state index in [1.54, 1.807) is 0 Å². The Balaban J connectivity index is 2.60. The van der Waals surface area contributed by atoms with Crippen molar-refractivity contribution in [3.63, 3.8) is 0 Å². The molecular formula is C9H15N. The van der Waals surface area contributed by atoms with Crippen LogP contribution in [0.5, 0.6) is 0 Å². The summed E-state index contributed by atoms with van der Waals surface area (Å²) in [7, 11) is 0. The average Bonchev–Trinajstić information content (AvgIpc) is 1.88. The van der Waals surface area contributed by atoms with Gasteiger partial charge in [0.2, 0.25) is 0 Å². The van der Waals surface area contributed by atoms with E-state index >= 15 is 0 Å². The van der Waals surface area contributed by atoms with Gasteiger partial charge in [-0.15, -0.1) is 0 Å². The van der Waals surface area contributed by atoms with Crippen molar-refractivity contribution in [3.05, 3.63) is 24.0 Å². The Kier molecular flexibility index (Phi) is 2.15. The van der Waals surface area contributed by atoms with Gasteiger partial charge in [0.25, 0.3) is 0 Å². The van der Waals surface area contributed by atoms with Gasteiger partial charge in [-0.05, 0) is 18.8 Å². The van der Waals surface area contributed by atoms with Crippen molar-refractivity contribution in [1.29, 1.82) is 0 Å². The molecular weight excluding hydrogens is 122 g/mol. The molecule has 0 amide bonds. The van der Waals surface area contributed by atoms with E-state index in [0.29, 0.717) is 5.92 Å². The minimum atomic E-state index is 0.608. The second-order valence-electron chi connectivity index (χ2n) is 3.08. The molecule has 0 aromatic carbocycles. The summed E-state index contributed by atoms with van der Waals surface area (Å²) in [6.07, 6.45) is 4.51. The first kappa shape index (κ1) is 7.39. The van der Waals surface area contributed by atoms with Crippen molar-refractivity contribution >= 4 is 0 Å². The van der Waals surface area contributed by atoms with Gasteiger partial charge in [0.05, 0.1) is 0 Å². The number of hydrogen-bond donors (Lipinski definition) is 1. The SMILES string of the molecule is C=C1CCC=C(C(C)C)N1. The zero-order valence-corrected chi connectivity index (χ0v) is 6.78. The fraction of sp³-hybridized carbons (Fsp3) is 0.556. The number of allylic oxidation sites excluding steroid dienone is 3. The number of hydrogen-bond acceptors (Lipinski definition) is 1. The molecule has 0 aromatic heterocycles. The maximum Gasteiger partial charge on any atom is 0.0134 e. The number of nitrogens with one attached hydrogen (secondary N) is 1. The molecule has 1 N–H and O–H groups in total. The molecule has 0 atom stereocenters. The standard InChI is InChI=1S/C9H15N/c1-7(2)9-6-4-5-8(3)10-9/h6-7,10H,3-5H2,1-2H3. The van der Waals surface area contributed by atoms with E-state index in [4.69, 9.17) is 0 Å². The minimum absolute atomic E-state index is 0.608. The second-order valence-corrected chi connectivity index (χ2v) is 3.08. The molecule has 1 nitrogen and oxygen atoms in total. The summed E-state index contributed by atoms with van der Waals surface area (Å²) in [5.41, 5.74) is 2.49. The van der Waals surface area contributed by atoms with Crippen LogP contribution in [0.25, 0.3) is 0 Å². The van der Waals surface area contributed by atoms with Crippen molar-refractivity contribution in [1.82, 2.24) is 5.32 Å². The van der Waals surface area contributed by atoms with Gasteiger partial charge in [-0.1, -0.05) is 26.5 Å². The van der Waals surface area contributed by atoms with Gasteiger partial charge in [-0.25, -0.2) is 0 Å². The molecule has 56 valence electrons. The first-order chi connectivity index (χ1) is 4.70. The predicted molar refractivity (Wildman–Crippen MR) is 44.4 cm³/mol. The quantitative estimate of drug-likeness (QED) is 0.585. The Hall–Kier alpha value is -0.720. The molecule has 0 aliphatic carbocycles. The Morgan fingerprint density at radius 2 is 2.30 bits per heavy atom. The maximum atomic E-state index is 3.89. The third kappa shape index (κ3) is 1.63. The lowest BCUT2D eigenvalue weighted by Gasteiger charge is -2.20. The highest BCUT2D eigenvalue weighted by molar-refractivity contribution is 5.15. The number of rotatable bonds is 1. The van der Waals surface area contributed by atoms with Gasteiger partial charge < -0.3 is 5.32 Å². The van der Waals surface area contributed by atoms with E-state index in [0.717, 1.165) is 18.5 Å². The second kappa shape index (κ2) is 2.91. The highest BCUT2D eigenvalue weighted by Crippen LogP contribution is 2.16. The Labute approximate surface area is 62.8 Å². The van der Waals surface area contributed by atoms with Crippen LogP contribution >= 0.6 is 0 Å². The van der Waals surface area contributed by atoms with Crippen LogP contribution in [0.2, 0.25) is 0 Å². The summed E-state index contributed by atoms with van der Waals surface area (Å²) < 4.78 is 0. The fourth-order valence-electron chi connectivity index (χ4n) is 1.10. The van der Waals surface area contributed by atoms with Gasteiger partial charge in [0, 0.05) is 11.4 Å². The zero-order valence-electron chi connectivity index (χ0n) is 6.78. The molecule has 1 aliphatic heterocycles. The summed E-state index contributed by atoms with van der Waals surface area (Å²) >= 11 is 0. The summed E-state index contributed by atoms with van der Waals surface area (Å²) in [6, 6.07) is 0. The first-order valence-electron chi connectivity index (χ1n) is 3.85. The van der Waals surface area contributed by atoms with E-state index in [1.165, 1.54) is 5.70 Å². The lowest BCUT2D eigenvalue weighted by Crippen LogP contribution is -2.19. The molecule has 1 heterocycles. The molecule has 0 saturated carbocycles. The van der Waals surface area contributed by atoms with Crippen molar-refractivity contribution in [2.24, 2.45) is 5.92 Å². The molecule has 1 heteroatoms. The maximum absolute atomic E-state index is 3.89. The zero-order chi connectivity index (χ0) is 7.56. The molecule has 0 radical (unpaired) electrons. The van der Waals surface area contributed by atoms with Gasteiger partial charge in [0.15, 0.2) is 0 Å². The molecule has 1 rings (SSSR count). The van der Waals surface area contributed by atoms with Crippen molar-refractivity contribution in [2.45, 2.75) is 26.7 Å². The molecule has 0 spiro atoms. The summed E-state index contributed by atoms with van der Waals surface area (Å²) in [6.45, 7) is 8.28. The van der Waals surface area contributed by atoms with Gasteiger partial charge in [-0.2, -0.15) is 0 Å². The van der Waals surface area contributed by atoms with Gasteiger partial charge in [0.1, 0.15) is 0 Å². The Morgan fingerprint density at radius 1 is 1.60 bits per heavy atom. The summed E-state index contributed by atoms with van der Waals surface area (Å²) in [4.78, 5) is 0. The normalized spacial score (nSPS) is 18.7. The third-order valence-corrected chi connectivity index (χ3v) is 1.75. The Morgan fingerprint density at radius 3 is 2.70 bits per heavy atom. The molecule has 0 fully saturated rings. The molecule has 0 saturated heterocycles. The smallest absolute Gasteiger partial charge is 0.0134 e. The fourth-order valence-corrected chi connectivity index (χ4v) is 1.10. The minimum Gasteiger partial charge on any atom is -0.363 e. The molecule has 0 unspecified atom stereocenters. The van der Waals surface area contributed by atoms with Crippen LogP contribution < -0.4 is 5.32 Å². The average molecular weight is 137 g/mol. The largest absolute Gasteiger partial charge is 0.363 e. The van der Waals surface area contributed by atoms with E-state index in [1.807, 2.05) is 0 Å². The molecule has 1 aliphatic rings. The highest BCUT2D eigenvalue weighted by atomic mass is 14.9. The van der Waals surface area contributed by atoms with E-state index in [2.05, 4.69) is 31.8 Å². The van der Waals surface area contributed by atoms with Crippen molar-refractivity contribution < 1.29 is 0 Å². The van der Waals surface area contributed by atoms with Crippen LogP contribution in [0.3, 0.4) is 0 Å². The monoisotopic (exact) mass is 137 g/mol. The lowest BCUT2D eigenvalue weighted by atomic mass is 10.0. The van der Waals surface area contributed by atoms with E-state index in [-0.39, 0.29) is 0 Å². The Bertz CT molecular complexity index is 166. The van der Waals surface area contributed by atoms with E-state index in [9.17, 15) is 0 Å². The van der Waals surface area contributed by atoms with Crippen molar-refractivity contribution in [2.75, 3.05) is 0 Å². The molecule has 0 aromatic rings. The van der Waals surface area contributed by atoms with Crippen LogP contribution in [0.1, 0.15) is 26.7 Å². The predicted octanol–water partition coefficient (Wildman–Crippen LogP) is 2.42. The molecule has 10 heavy (non-hydrogen) atoms. The van der Waals surface area contributed by atoms with Crippen molar-refractivity contribution in [3.8, 4) is 0 Å². The van der Waals surface area contributed by atoms with Crippen LogP contribution in [0, 0.1) is 5.92 Å². The highest BCUT2D eigenvalue weighted by Gasteiger charge is 2.07. The lowest BCUT2D eigenvalue weighted by molar-refractivity contribution is 0.653. The topological polar surface area (TPSA) is 12.0 Å².